The Balaban J connectivity index is 2.13. The molecule has 2 aromatic rings. The smallest absolute Gasteiger partial charge is 0.261 e. The Kier molecular flexibility index (Phi) is 3.04. The third-order valence-corrected chi connectivity index (χ3v) is 3.47. The molecule has 19 heavy (non-hydrogen) atoms. The molecule has 0 bridgehead atoms. The minimum absolute atomic E-state index is 0.254. The fourth-order valence-corrected chi connectivity index (χ4v) is 2.28. The fourth-order valence-electron chi connectivity index (χ4n) is 1.77. The zero-order valence-corrected chi connectivity index (χ0v) is 11.5. The van der Waals surface area contributed by atoms with E-state index in [-0.39, 0.29) is 5.91 Å². The molecule has 2 heterocycles. The Morgan fingerprint density at radius 3 is 2.89 bits per heavy atom. The van der Waals surface area contributed by atoms with Crippen LogP contribution < -0.4 is 10.6 Å². The minimum atomic E-state index is -0.254. The van der Waals surface area contributed by atoms with E-state index in [9.17, 15) is 4.79 Å². The van der Waals surface area contributed by atoms with E-state index >= 15 is 0 Å². The summed E-state index contributed by atoms with van der Waals surface area (Å²) in [5.74, 6) is 0.245. The van der Waals surface area contributed by atoms with Crippen molar-refractivity contribution in [2.75, 3.05) is 16.9 Å². The van der Waals surface area contributed by atoms with Gasteiger partial charge in [-0.25, -0.2) is 9.97 Å². The van der Waals surface area contributed by atoms with Crippen molar-refractivity contribution in [2.45, 2.75) is 5.16 Å². The number of nitrogens with zero attached hydrogens (tertiary/aromatic N) is 2. The Bertz CT molecular complexity index is 677. The summed E-state index contributed by atoms with van der Waals surface area (Å²) in [5, 5.41) is 7.08. The number of carbonyl (C=O) groups is 1. The van der Waals surface area contributed by atoms with Crippen LogP contribution in [0.15, 0.2) is 29.6 Å². The van der Waals surface area contributed by atoms with Gasteiger partial charge in [0.2, 0.25) is 0 Å². The van der Waals surface area contributed by atoms with Crippen molar-refractivity contribution in [1.82, 2.24) is 9.97 Å². The van der Waals surface area contributed by atoms with Gasteiger partial charge in [0, 0.05) is 11.2 Å². The van der Waals surface area contributed by atoms with Crippen molar-refractivity contribution < 1.29 is 4.79 Å². The summed E-state index contributed by atoms with van der Waals surface area (Å²) >= 11 is 7.34. The lowest BCUT2D eigenvalue weighted by atomic mass is 10.2. The predicted octanol–water partition coefficient (Wildman–Crippen LogP) is 3.16. The topological polar surface area (TPSA) is 66.9 Å². The molecular weight excluding hydrogens is 284 g/mol. The SMILES string of the molecule is CSc1ncc2c(n1)Nc1ccc(Cl)cc1NC2=O. The van der Waals surface area contributed by atoms with Gasteiger partial charge in [-0.2, -0.15) is 0 Å². The number of rotatable bonds is 1. The molecule has 5 nitrogen and oxygen atoms in total. The van der Waals surface area contributed by atoms with E-state index in [4.69, 9.17) is 11.6 Å². The van der Waals surface area contributed by atoms with Gasteiger partial charge in [-0.05, 0) is 24.5 Å². The molecule has 1 aliphatic rings. The normalized spacial score (nSPS) is 12.8. The Hall–Kier alpha value is -1.79. The van der Waals surface area contributed by atoms with Crippen molar-refractivity contribution in [3.8, 4) is 0 Å². The molecule has 0 unspecified atom stereocenters. The Morgan fingerprint density at radius 1 is 1.26 bits per heavy atom. The number of thioether (sulfide) groups is 1. The summed E-state index contributed by atoms with van der Waals surface area (Å²) in [4.78, 5) is 20.5. The molecule has 0 saturated carbocycles. The van der Waals surface area contributed by atoms with Crippen LogP contribution in [-0.4, -0.2) is 22.1 Å². The highest BCUT2D eigenvalue weighted by atomic mass is 35.5. The summed E-state index contributed by atoms with van der Waals surface area (Å²) in [5.41, 5.74) is 1.79. The molecule has 2 N–H and O–H groups in total. The van der Waals surface area contributed by atoms with Crippen LogP contribution in [0.4, 0.5) is 17.2 Å². The van der Waals surface area contributed by atoms with E-state index in [1.54, 1.807) is 18.2 Å². The Labute approximate surface area is 118 Å². The third kappa shape index (κ3) is 2.24. The Morgan fingerprint density at radius 2 is 2.11 bits per heavy atom. The van der Waals surface area contributed by atoms with Crippen LogP contribution in [0.2, 0.25) is 5.02 Å². The van der Waals surface area contributed by atoms with E-state index in [0.29, 0.717) is 27.2 Å². The number of aromatic nitrogens is 2. The molecule has 0 atom stereocenters. The first kappa shape index (κ1) is 12.3. The lowest BCUT2D eigenvalue weighted by molar-refractivity contribution is 0.102. The van der Waals surface area contributed by atoms with Gasteiger partial charge in [0.05, 0.1) is 11.4 Å². The molecule has 0 aliphatic carbocycles. The number of anilines is 3. The first-order chi connectivity index (χ1) is 9.17. The van der Waals surface area contributed by atoms with E-state index < -0.39 is 0 Å². The van der Waals surface area contributed by atoms with Crippen molar-refractivity contribution in [1.29, 1.82) is 0 Å². The maximum absolute atomic E-state index is 12.1. The first-order valence-corrected chi connectivity index (χ1v) is 7.06. The number of hydrogen-bond acceptors (Lipinski definition) is 5. The second kappa shape index (κ2) is 4.71. The second-order valence-electron chi connectivity index (χ2n) is 3.89. The molecule has 1 aromatic heterocycles. The summed E-state index contributed by atoms with van der Waals surface area (Å²) in [6.45, 7) is 0. The fraction of sp³-hybridized carbons (Fsp3) is 0.0833. The summed E-state index contributed by atoms with van der Waals surface area (Å²) in [6.07, 6.45) is 3.40. The van der Waals surface area contributed by atoms with Crippen LogP contribution in [0.5, 0.6) is 0 Å². The summed E-state index contributed by atoms with van der Waals surface area (Å²) < 4.78 is 0. The van der Waals surface area contributed by atoms with Crippen LogP contribution in [0.1, 0.15) is 10.4 Å². The van der Waals surface area contributed by atoms with Gasteiger partial charge < -0.3 is 10.6 Å². The molecule has 3 rings (SSSR count). The lowest BCUT2D eigenvalue weighted by Crippen LogP contribution is -2.12. The van der Waals surface area contributed by atoms with Crippen molar-refractivity contribution in [3.05, 3.63) is 35.0 Å². The number of halogens is 1. The molecule has 0 radical (unpaired) electrons. The third-order valence-electron chi connectivity index (χ3n) is 2.68. The second-order valence-corrected chi connectivity index (χ2v) is 5.10. The lowest BCUT2D eigenvalue weighted by Gasteiger charge is -2.08. The molecule has 1 aliphatic heterocycles. The average Bonchev–Trinajstić information content (AvgIpc) is 2.54. The predicted molar refractivity (Wildman–Crippen MR) is 76.5 cm³/mol. The highest BCUT2D eigenvalue weighted by Gasteiger charge is 2.21. The molecule has 0 saturated heterocycles. The van der Waals surface area contributed by atoms with Crippen molar-refractivity contribution in [3.63, 3.8) is 0 Å². The average molecular weight is 293 g/mol. The monoisotopic (exact) mass is 292 g/mol. The van der Waals surface area contributed by atoms with Crippen molar-refractivity contribution in [2.24, 2.45) is 0 Å². The molecule has 7 heteroatoms. The molecule has 0 spiro atoms. The van der Waals surface area contributed by atoms with Gasteiger partial charge in [0.15, 0.2) is 5.16 Å². The number of carbonyl (C=O) groups excluding carboxylic acids is 1. The number of hydrogen-bond donors (Lipinski definition) is 2. The van der Waals surface area contributed by atoms with E-state index in [0.717, 1.165) is 5.69 Å². The van der Waals surface area contributed by atoms with Gasteiger partial charge in [0.25, 0.3) is 5.91 Å². The zero-order valence-electron chi connectivity index (χ0n) is 9.90. The number of fused-ring (bicyclic) bond motifs is 2. The van der Waals surface area contributed by atoms with Crippen LogP contribution >= 0.6 is 23.4 Å². The van der Waals surface area contributed by atoms with E-state index in [1.165, 1.54) is 18.0 Å². The quantitative estimate of drug-likeness (QED) is 0.624. The molecule has 0 fully saturated rings. The maximum Gasteiger partial charge on any atom is 0.261 e. The van der Waals surface area contributed by atoms with Crippen LogP contribution in [0.3, 0.4) is 0 Å². The van der Waals surface area contributed by atoms with Crippen molar-refractivity contribution >= 4 is 46.5 Å². The van der Waals surface area contributed by atoms with Crippen LogP contribution in [0.25, 0.3) is 0 Å². The number of nitrogens with one attached hydrogen (secondary N) is 2. The number of benzene rings is 1. The van der Waals surface area contributed by atoms with E-state index in [1.807, 2.05) is 6.26 Å². The standard InChI is InChI=1S/C12H9ClN4OS/c1-19-12-14-5-7-10(17-12)15-8-3-2-6(13)4-9(8)16-11(7)18/h2-5H,1H3,(H,16,18)(H,14,15,17). The highest BCUT2D eigenvalue weighted by molar-refractivity contribution is 7.98. The minimum Gasteiger partial charge on any atom is -0.338 e. The van der Waals surface area contributed by atoms with Crippen LogP contribution in [-0.2, 0) is 0 Å². The summed E-state index contributed by atoms with van der Waals surface area (Å²) in [7, 11) is 0. The molecule has 1 amide bonds. The van der Waals surface area contributed by atoms with E-state index in [2.05, 4.69) is 20.6 Å². The van der Waals surface area contributed by atoms with Gasteiger partial charge in [0.1, 0.15) is 11.4 Å². The maximum atomic E-state index is 12.1. The van der Waals surface area contributed by atoms with Crippen LogP contribution in [0, 0.1) is 0 Å². The van der Waals surface area contributed by atoms with Gasteiger partial charge >= 0.3 is 0 Å². The molecule has 1 aromatic carbocycles. The zero-order chi connectivity index (χ0) is 13.4. The summed E-state index contributed by atoms with van der Waals surface area (Å²) in [6, 6.07) is 5.24. The largest absolute Gasteiger partial charge is 0.338 e. The van der Waals surface area contributed by atoms with Gasteiger partial charge in [-0.1, -0.05) is 23.4 Å². The number of amides is 1. The highest BCUT2D eigenvalue weighted by Crippen LogP contribution is 2.33. The molecular formula is C12H9ClN4OS. The molecule has 96 valence electrons. The van der Waals surface area contributed by atoms with Gasteiger partial charge in [-0.15, -0.1) is 0 Å². The first-order valence-electron chi connectivity index (χ1n) is 5.46. The van der Waals surface area contributed by atoms with Gasteiger partial charge in [-0.3, -0.25) is 4.79 Å².